The van der Waals surface area contributed by atoms with Crippen molar-refractivity contribution < 1.29 is 13.9 Å². The predicted octanol–water partition coefficient (Wildman–Crippen LogP) is 2.50. The van der Waals surface area contributed by atoms with Crippen LogP contribution in [0, 0.1) is 12.7 Å². The first-order valence-electron chi connectivity index (χ1n) is 11.3. The molecule has 10 heteroatoms. The fraction of sp³-hybridized carbons (Fsp3) is 0.333. The number of aryl methyl sites for hydroxylation is 1. The number of ether oxygens (including phenoxy) is 1. The van der Waals surface area contributed by atoms with Gasteiger partial charge in [-0.25, -0.2) is 9.37 Å². The van der Waals surface area contributed by atoms with Crippen molar-refractivity contribution in [1.29, 1.82) is 0 Å². The van der Waals surface area contributed by atoms with Crippen LogP contribution in [-0.2, 0) is 4.74 Å². The standard InChI is InChI=1S/C24H24FN7O2/c1-15-11-32-12-16(10-19(25)23(32)28-15)29-24(33)18-2-3-20(22-21(18)26-4-5-27-22)31-7-6-30-8-9-34-14-17(30)13-31/h2-5,10-12,17H,6-9,13-14H2,1H3,(H,29,33)/t17-/m1/s1. The number of carbonyl (C=O) groups excluding carboxylic acids is 1. The number of nitrogens with zero attached hydrogens (tertiary/aromatic N) is 6. The highest BCUT2D eigenvalue weighted by Gasteiger charge is 2.31. The molecule has 2 aliphatic heterocycles. The van der Waals surface area contributed by atoms with Gasteiger partial charge < -0.3 is 19.4 Å². The Labute approximate surface area is 195 Å². The summed E-state index contributed by atoms with van der Waals surface area (Å²) in [6.45, 7) is 6.92. The highest BCUT2D eigenvalue weighted by Crippen LogP contribution is 2.29. The second-order valence-corrected chi connectivity index (χ2v) is 8.74. The molecular formula is C24H24FN7O2. The molecule has 1 amide bonds. The summed E-state index contributed by atoms with van der Waals surface area (Å²) in [4.78, 5) is 31.1. The van der Waals surface area contributed by atoms with E-state index in [1.54, 1.807) is 42.2 Å². The van der Waals surface area contributed by atoms with Gasteiger partial charge in [-0.3, -0.25) is 19.7 Å². The van der Waals surface area contributed by atoms with Gasteiger partial charge >= 0.3 is 0 Å². The van der Waals surface area contributed by atoms with Crippen LogP contribution in [-0.4, -0.2) is 75.6 Å². The van der Waals surface area contributed by atoms with Crippen LogP contribution in [0.5, 0.6) is 0 Å². The van der Waals surface area contributed by atoms with Gasteiger partial charge in [0.15, 0.2) is 11.5 Å². The van der Waals surface area contributed by atoms with Crippen molar-refractivity contribution in [1.82, 2.24) is 24.3 Å². The molecule has 2 aliphatic rings. The maximum Gasteiger partial charge on any atom is 0.257 e. The molecule has 34 heavy (non-hydrogen) atoms. The number of pyridine rings is 1. The number of morpholine rings is 1. The summed E-state index contributed by atoms with van der Waals surface area (Å²) in [7, 11) is 0. The van der Waals surface area contributed by atoms with Gasteiger partial charge in [-0.1, -0.05) is 0 Å². The summed E-state index contributed by atoms with van der Waals surface area (Å²) < 4.78 is 21.7. The summed E-state index contributed by atoms with van der Waals surface area (Å²) in [5.74, 6) is -0.880. The fourth-order valence-corrected chi connectivity index (χ4v) is 4.89. The Hall–Kier alpha value is -3.63. The number of aromatic nitrogens is 4. The number of imidazole rings is 1. The highest BCUT2D eigenvalue weighted by molar-refractivity contribution is 6.13. The minimum absolute atomic E-state index is 0.222. The third-order valence-electron chi connectivity index (χ3n) is 6.51. The molecule has 2 fully saturated rings. The first-order valence-corrected chi connectivity index (χ1v) is 11.3. The Morgan fingerprint density at radius 2 is 2.00 bits per heavy atom. The zero-order valence-electron chi connectivity index (χ0n) is 18.7. The Morgan fingerprint density at radius 1 is 1.15 bits per heavy atom. The molecule has 4 aromatic rings. The molecule has 6 rings (SSSR count). The number of benzene rings is 1. The van der Waals surface area contributed by atoms with Crippen molar-refractivity contribution in [3.05, 3.63) is 60.1 Å². The van der Waals surface area contributed by atoms with Gasteiger partial charge in [0.25, 0.3) is 5.91 Å². The van der Waals surface area contributed by atoms with Crippen LogP contribution in [0.1, 0.15) is 16.1 Å². The molecule has 0 bridgehead atoms. The molecule has 2 saturated heterocycles. The first kappa shape index (κ1) is 20.9. The molecule has 0 spiro atoms. The number of nitrogens with one attached hydrogen (secondary N) is 1. The van der Waals surface area contributed by atoms with E-state index < -0.39 is 5.82 Å². The Bertz CT molecular complexity index is 1410. The van der Waals surface area contributed by atoms with E-state index in [2.05, 4.69) is 30.1 Å². The van der Waals surface area contributed by atoms with E-state index in [0.717, 1.165) is 45.1 Å². The minimum Gasteiger partial charge on any atom is -0.378 e. The van der Waals surface area contributed by atoms with Gasteiger partial charge in [0.1, 0.15) is 11.0 Å². The third kappa shape index (κ3) is 3.64. The average Bonchev–Trinajstić information content (AvgIpc) is 3.23. The number of rotatable bonds is 3. The van der Waals surface area contributed by atoms with Crippen LogP contribution >= 0.6 is 0 Å². The highest BCUT2D eigenvalue weighted by atomic mass is 19.1. The van der Waals surface area contributed by atoms with E-state index in [1.807, 2.05) is 6.07 Å². The lowest BCUT2D eigenvalue weighted by molar-refractivity contribution is -0.0116. The van der Waals surface area contributed by atoms with Crippen LogP contribution in [0.25, 0.3) is 16.7 Å². The molecule has 5 heterocycles. The third-order valence-corrected chi connectivity index (χ3v) is 6.51. The van der Waals surface area contributed by atoms with Crippen molar-refractivity contribution in [2.45, 2.75) is 13.0 Å². The zero-order valence-corrected chi connectivity index (χ0v) is 18.7. The largest absolute Gasteiger partial charge is 0.378 e. The quantitative estimate of drug-likeness (QED) is 0.502. The number of anilines is 2. The summed E-state index contributed by atoms with van der Waals surface area (Å²) in [6, 6.07) is 5.30. The summed E-state index contributed by atoms with van der Waals surface area (Å²) >= 11 is 0. The molecule has 0 radical (unpaired) electrons. The maximum atomic E-state index is 14.5. The van der Waals surface area contributed by atoms with Crippen LogP contribution in [0.4, 0.5) is 15.8 Å². The zero-order chi connectivity index (χ0) is 23.2. The van der Waals surface area contributed by atoms with Crippen molar-refractivity contribution >= 4 is 34.0 Å². The minimum atomic E-state index is -0.503. The molecule has 9 nitrogen and oxygen atoms in total. The van der Waals surface area contributed by atoms with E-state index in [1.165, 1.54) is 6.07 Å². The van der Waals surface area contributed by atoms with Crippen molar-refractivity contribution in [3.8, 4) is 0 Å². The van der Waals surface area contributed by atoms with Crippen molar-refractivity contribution in [3.63, 3.8) is 0 Å². The average molecular weight is 462 g/mol. The van der Waals surface area contributed by atoms with Gasteiger partial charge in [-0.2, -0.15) is 0 Å². The maximum absolute atomic E-state index is 14.5. The number of fused-ring (bicyclic) bond motifs is 3. The molecule has 174 valence electrons. The topological polar surface area (TPSA) is 87.9 Å². The lowest BCUT2D eigenvalue weighted by Crippen LogP contribution is -2.58. The summed E-state index contributed by atoms with van der Waals surface area (Å²) in [5, 5.41) is 2.80. The number of hydrogen-bond donors (Lipinski definition) is 1. The summed E-state index contributed by atoms with van der Waals surface area (Å²) in [5.41, 5.74) is 3.77. The SMILES string of the molecule is Cc1cn2cc(NC(=O)c3ccc(N4CCN5CCOC[C@H]5C4)c4nccnc34)cc(F)c2n1. The lowest BCUT2D eigenvalue weighted by Gasteiger charge is -2.44. The van der Waals surface area contributed by atoms with Crippen LogP contribution in [0.2, 0.25) is 0 Å². The number of piperazine rings is 1. The smallest absolute Gasteiger partial charge is 0.257 e. The van der Waals surface area contributed by atoms with Crippen molar-refractivity contribution in [2.75, 3.05) is 49.6 Å². The Balaban J connectivity index is 1.31. The molecule has 1 N–H and O–H groups in total. The van der Waals surface area contributed by atoms with E-state index >= 15 is 0 Å². The number of halogens is 1. The normalized spacial score (nSPS) is 18.9. The first-order chi connectivity index (χ1) is 16.6. The van der Waals surface area contributed by atoms with Crippen LogP contribution < -0.4 is 10.2 Å². The Kier molecular flexibility index (Phi) is 5.11. The monoisotopic (exact) mass is 461 g/mol. The van der Waals surface area contributed by atoms with E-state index in [9.17, 15) is 9.18 Å². The van der Waals surface area contributed by atoms with Gasteiger partial charge in [-0.05, 0) is 19.1 Å². The Morgan fingerprint density at radius 3 is 2.88 bits per heavy atom. The molecule has 0 saturated carbocycles. The second kappa shape index (κ2) is 8.30. The van der Waals surface area contributed by atoms with Gasteiger partial charge in [-0.15, -0.1) is 0 Å². The number of amides is 1. The molecule has 0 aliphatic carbocycles. The second-order valence-electron chi connectivity index (χ2n) is 8.74. The van der Waals surface area contributed by atoms with E-state index in [0.29, 0.717) is 34.0 Å². The number of hydrogen-bond acceptors (Lipinski definition) is 7. The van der Waals surface area contributed by atoms with Gasteiger partial charge in [0.2, 0.25) is 0 Å². The molecule has 1 atom stereocenters. The lowest BCUT2D eigenvalue weighted by atomic mass is 10.1. The van der Waals surface area contributed by atoms with E-state index in [-0.39, 0.29) is 11.6 Å². The van der Waals surface area contributed by atoms with Gasteiger partial charge in [0, 0.05) is 57.0 Å². The van der Waals surface area contributed by atoms with Crippen LogP contribution in [0.3, 0.4) is 0 Å². The molecular weight excluding hydrogens is 437 g/mol. The summed E-state index contributed by atoms with van der Waals surface area (Å²) in [6.07, 6.45) is 6.57. The molecule has 3 aromatic heterocycles. The predicted molar refractivity (Wildman–Crippen MR) is 126 cm³/mol. The fourth-order valence-electron chi connectivity index (χ4n) is 4.89. The molecule has 0 unspecified atom stereocenters. The van der Waals surface area contributed by atoms with Gasteiger partial charge in [0.05, 0.1) is 41.9 Å². The van der Waals surface area contributed by atoms with E-state index in [4.69, 9.17) is 4.74 Å². The van der Waals surface area contributed by atoms with Crippen molar-refractivity contribution in [2.24, 2.45) is 0 Å². The molecule has 1 aromatic carbocycles. The number of carbonyl (C=O) groups is 1. The van der Waals surface area contributed by atoms with Crippen LogP contribution in [0.15, 0.2) is 43.0 Å².